The van der Waals surface area contributed by atoms with Crippen LogP contribution in [0.1, 0.15) is 6.92 Å². The van der Waals surface area contributed by atoms with Crippen LogP contribution in [0.3, 0.4) is 0 Å². The van der Waals surface area contributed by atoms with Crippen molar-refractivity contribution in [3.8, 4) is 0 Å². The molecule has 0 radical (unpaired) electrons. The molecule has 0 N–H and O–H groups in total. The van der Waals surface area contributed by atoms with Gasteiger partial charge in [0.15, 0.2) is 5.79 Å². The smallest absolute Gasteiger partial charge is 0.179 e. The van der Waals surface area contributed by atoms with Crippen LogP contribution in [-0.2, 0) is 9.47 Å². The van der Waals surface area contributed by atoms with E-state index in [1.807, 2.05) is 6.92 Å². The van der Waals surface area contributed by atoms with Gasteiger partial charge in [-0.1, -0.05) is 0 Å². The summed E-state index contributed by atoms with van der Waals surface area (Å²) in [4.78, 5) is 0. The van der Waals surface area contributed by atoms with E-state index in [4.69, 9.17) is 21.1 Å². The predicted molar refractivity (Wildman–Crippen MR) is 31.0 cm³/mol. The lowest BCUT2D eigenvalue weighted by atomic mass is 10.4. The van der Waals surface area contributed by atoms with E-state index in [0.717, 1.165) is 0 Å². The van der Waals surface area contributed by atoms with Crippen molar-refractivity contribution in [2.75, 3.05) is 19.1 Å². The van der Waals surface area contributed by atoms with Crippen molar-refractivity contribution < 1.29 is 9.47 Å². The van der Waals surface area contributed by atoms with Crippen LogP contribution in [0.15, 0.2) is 0 Å². The van der Waals surface area contributed by atoms with Gasteiger partial charge < -0.3 is 9.47 Å². The van der Waals surface area contributed by atoms with E-state index in [9.17, 15) is 0 Å². The molecule has 0 aliphatic carbocycles. The fourth-order valence-electron chi connectivity index (χ4n) is 0.634. The highest BCUT2D eigenvalue weighted by molar-refractivity contribution is 6.18. The zero-order valence-corrected chi connectivity index (χ0v) is 5.57. The third kappa shape index (κ3) is 1.13. The summed E-state index contributed by atoms with van der Waals surface area (Å²) in [5.74, 6) is -0.0887. The van der Waals surface area contributed by atoms with Gasteiger partial charge in [-0.3, -0.25) is 0 Å². The van der Waals surface area contributed by atoms with Gasteiger partial charge in [-0.15, -0.1) is 11.6 Å². The summed E-state index contributed by atoms with van der Waals surface area (Å²) in [5, 5.41) is 0. The number of hydrogen-bond donors (Lipinski definition) is 0. The van der Waals surface area contributed by atoms with Gasteiger partial charge in [-0.25, -0.2) is 0 Å². The third-order valence-corrected chi connectivity index (χ3v) is 1.63. The number of halogens is 1. The molecule has 1 rings (SSSR count). The molecule has 8 heavy (non-hydrogen) atoms. The highest BCUT2D eigenvalue weighted by Gasteiger charge is 2.29. The zero-order valence-electron chi connectivity index (χ0n) is 4.82. The molecule has 0 atom stereocenters. The van der Waals surface area contributed by atoms with Crippen LogP contribution in [0, 0.1) is 0 Å². The van der Waals surface area contributed by atoms with Gasteiger partial charge >= 0.3 is 0 Å². The molecule has 1 fully saturated rings. The van der Waals surface area contributed by atoms with Crippen molar-refractivity contribution in [1.82, 2.24) is 0 Å². The highest BCUT2D eigenvalue weighted by Crippen LogP contribution is 2.18. The highest BCUT2D eigenvalue weighted by atomic mass is 35.5. The van der Waals surface area contributed by atoms with Crippen LogP contribution in [0.25, 0.3) is 0 Å². The average molecular weight is 137 g/mol. The maximum Gasteiger partial charge on any atom is 0.179 e. The van der Waals surface area contributed by atoms with E-state index in [1.54, 1.807) is 0 Å². The minimum Gasteiger partial charge on any atom is -0.347 e. The molecule has 1 aliphatic rings. The number of rotatable bonds is 1. The molecule has 0 aromatic rings. The maximum absolute atomic E-state index is 5.50. The summed E-state index contributed by atoms with van der Waals surface area (Å²) < 4.78 is 10.3. The maximum atomic E-state index is 5.50. The Kier molecular flexibility index (Phi) is 1.75. The lowest BCUT2D eigenvalue weighted by Gasteiger charge is -2.17. The number of hydrogen-bond acceptors (Lipinski definition) is 2. The first-order valence-corrected chi connectivity index (χ1v) is 3.14. The Morgan fingerprint density at radius 1 is 1.50 bits per heavy atom. The van der Waals surface area contributed by atoms with Gasteiger partial charge in [0, 0.05) is 0 Å². The molecule has 0 bridgehead atoms. The number of alkyl halides is 1. The molecule has 0 spiro atoms. The summed E-state index contributed by atoms with van der Waals surface area (Å²) in [5.41, 5.74) is 0. The molecule has 0 aromatic carbocycles. The van der Waals surface area contributed by atoms with E-state index < -0.39 is 5.79 Å². The van der Waals surface area contributed by atoms with E-state index in [0.29, 0.717) is 19.1 Å². The van der Waals surface area contributed by atoms with E-state index in [1.165, 1.54) is 0 Å². The van der Waals surface area contributed by atoms with Gasteiger partial charge in [0.25, 0.3) is 0 Å². The first-order valence-electron chi connectivity index (χ1n) is 2.61. The quantitative estimate of drug-likeness (QED) is 0.501. The SMILES string of the molecule is CC1(CCl)OCCO1. The molecule has 0 amide bonds. The first kappa shape index (κ1) is 6.33. The molecule has 0 unspecified atom stereocenters. The molecular formula is C5H9ClO2. The monoisotopic (exact) mass is 136 g/mol. The van der Waals surface area contributed by atoms with Crippen LogP contribution in [0.4, 0.5) is 0 Å². The Balaban J connectivity index is 2.40. The minimum absolute atomic E-state index is 0.410. The topological polar surface area (TPSA) is 18.5 Å². The van der Waals surface area contributed by atoms with E-state index in [2.05, 4.69) is 0 Å². The molecule has 0 aromatic heterocycles. The predicted octanol–water partition coefficient (Wildman–Crippen LogP) is 0.988. The van der Waals surface area contributed by atoms with Crippen LogP contribution >= 0.6 is 11.6 Å². The standard InChI is InChI=1S/C5H9ClO2/c1-5(4-6)7-2-3-8-5/h2-4H2,1H3. The van der Waals surface area contributed by atoms with E-state index >= 15 is 0 Å². The Bertz CT molecular complexity index is 78.5. The van der Waals surface area contributed by atoms with Crippen molar-refractivity contribution in [1.29, 1.82) is 0 Å². The third-order valence-electron chi connectivity index (χ3n) is 1.14. The number of ether oxygens (including phenoxy) is 2. The molecule has 0 saturated carbocycles. The molecular weight excluding hydrogens is 128 g/mol. The summed E-state index contributed by atoms with van der Waals surface area (Å²) in [7, 11) is 0. The fourth-order valence-corrected chi connectivity index (χ4v) is 0.788. The molecule has 48 valence electrons. The van der Waals surface area contributed by atoms with Gasteiger partial charge in [-0.05, 0) is 6.92 Å². The van der Waals surface area contributed by atoms with Gasteiger partial charge in [0.2, 0.25) is 0 Å². The lowest BCUT2D eigenvalue weighted by Crippen LogP contribution is -2.27. The van der Waals surface area contributed by atoms with E-state index in [-0.39, 0.29) is 0 Å². The van der Waals surface area contributed by atoms with Crippen molar-refractivity contribution >= 4 is 11.6 Å². The first-order chi connectivity index (χ1) is 3.77. The Morgan fingerprint density at radius 3 is 2.25 bits per heavy atom. The van der Waals surface area contributed by atoms with Crippen molar-refractivity contribution in [2.45, 2.75) is 12.7 Å². The molecule has 2 nitrogen and oxygen atoms in total. The largest absolute Gasteiger partial charge is 0.347 e. The second kappa shape index (κ2) is 2.21. The fraction of sp³-hybridized carbons (Fsp3) is 1.00. The van der Waals surface area contributed by atoms with Gasteiger partial charge in [0.05, 0.1) is 19.1 Å². The summed E-state index contributed by atoms with van der Waals surface area (Å²) in [6.07, 6.45) is 0. The van der Waals surface area contributed by atoms with Gasteiger partial charge in [0.1, 0.15) is 0 Å². The minimum atomic E-state index is -0.498. The molecule has 1 aliphatic heterocycles. The Hall–Kier alpha value is 0.210. The van der Waals surface area contributed by atoms with Crippen LogP contribution in [0.5, 0.6) is 0 Å². The lowest BCUT2D eigenvalue weighted by molar-refractivity contribution is -0.122. The average Bonchev–Trinajstić information content (AvgIpc) is 2.17. The second-order valence-electron chi connectivity index (χ2n) is 1.96. The van der Waals surface area contributed by atoms with Crippen molar-refractivity contribution in [2.24, 2.45) is 0 Å². The van der Waals surface area contributed by atoms with Crippen molar-refractivity contribution in [3.05, 3.63) is 0 Å². The normalized spacial score (nSPS) is 26.2. The van der Waals surface area contributed by atoms with Gasteiger partial charge in [-0.2, -0.15) is 0 Å². The zero-order chi connectivity index (χ0) is 6.04. The van der Waals surface area contributed by atoms with Crippen molar-refractivity contribution in [3.63, 3.8) is 0 Å². The van der Waals surface area contributed by atoms with Crippen LogP contribution < -0.4 is 0 Å². The van der Waals surface area contributed by atoms with Crippen LogP contribution in [-0.4, -0.2) is 24.9 Å². The molecule has 1 heterocycles. The summed E-state index contributed by atoms with van der Waals surface area (Å²) in [6, 6.07) is 0. The Labute approximate surface area is 53.7 Å². The van der Waals surface area contributed by atoms with Crippen LogP contribution in [0.2, 0.25) is 0 Å². The molecule has 1 saturated heterocycles. The summed E-state index contributed by atoms with van der Waals surface area (Å²) in [6.45, 7) is 3.18. The second-order valence-corrected chi connectivity index (χ2v) is 2.23. The summed E-state index contributed by atoms with van der Waals surface area (Å²) >= 11 is 5.50. The molecule has 3 heteroatoms. The Morgan fingerprint density at radius 2 is 2.00 bits per heavy atom.